The predicted octanol–water partition coefficient (Wildman–Crippen LogP) is 4.14. The molecule has 3 aromatic carbocycles. The van der Waals surface area contributed by atoms with E-state index in [1.54, 1.807) is 12.1 Å². The molecule has 2 unspecified atom stereocenters. The van der Waals surface area contributed by atoms with Crippen LogP contribution in [0.1, 0.15) is 19.4 Å². The van der Waals surface area contributed by atoms with E-state index in [4.69, 9.17) is 0 Å². The van der Waals surface area contributed by atoms with Crippen molar-refractivity contribution in [2.45, 2.75) is 37.8 Å². The van der Waals surface area contributed by atoms with Gasteiger partial charge in [0.25, 0.3) is 10.0 Å². The van der Waals surface area contributed by atoms with E-state index >= 15 is 0 Å². The van der Waals surface area contributed by atoms with Crippen LogP contribution in [-0.4, -0.2) is 33.6 Å². The third-order valence-electron chi connectivity index (χ3n) is 5.42. The normalized spacial score (nSPS) is 20.0. The van der Waals surface area contributed by atoms with Crippen LogP contribution in [0.15, 0.2) is 65.6 Å². The smallest absolute Gasteiger partial charge is 0.261 e. The van der Waals surface area contributed by atoms with Crippen molar-refractivity contribution in [2.24, 2.45) is 0 Å². The molecule has 5 nitrogen and oxygen atoms in total. The van der Waals surface area contributed by atoms with E-state index in [1.165, 1.54) is 0 Å². The third-order valence-corrected chi connectivity index (χ3v) is 6.78. The maximum atomic E-state index is 13.1. The van der Waals surface area contributed by atoms with Crippen molar-refractivity contribution in [3.05, 3.63) is 66.2 Å². The Balaban J connectivity index is 1.63. The van der Waals surface area contributed by atoms with Gasteiger partial charge in [-0.2, -0.15) is 0 Å². The van der Waals surface area contributed by atoms with E-state index in [-0.39, 0.29) is 4.90 Å². The quantitative estimate of drug-likeness (QED) is 0.680. The largest absolute Gasteiger partial charge is 0.368 e. The van der Waals surface area contributed by atoms with Crippen molar-refractivity contribution in [3.8, 4) is 0 Å². The van der Waals surface area contributed by atoms with Crippen molar-refractivity contribution in [1.82, 2.24) is 5.32 Å². The first-order valence-electron chi connectivity index (χ1n) is 9.95. The SMILES string of the molecule is Cc1ccc(N2CC(C)NC(C)C2)cc1NS(=O)(=O)c1ccc2ccccc2c1. The van der Waals surface area contributed by atoms with Crippen molar-refractivity contribution >= 4 is 32.2 Å². The number of nitrogens with one attached hydrogen (secondary N) is 2. The second-order valence-corrected chi connectivity index (χ2v) is 9.67. The Morgan fingerprint density at radius 1 is 0.931 bits per heavy atom. The average Bonchev–Trinajstić information content (AvgIpc) is 2.68. The molecule has 1 heterocycles. The number of piperazine rings is 1. The predicted molar refractivity (Wildman–Crippen MR) is 120 cm³/mol. The van der Waals surface area contributed by atoms with Gasteiger partial charge in [-0.1, -0.05) is 36.4 Å². The molecule has 1 fully saturated rings. The van der Waals surface area contributed by atoms with Gasteiger partial charge in [-0.3, -0.25) is 4.72 Å². The molecular weight excluding hydrogens is 382 g/mol. The summed E-state index contributed by atoms with van der Waals surface area (Å²) in [6.45, 7) is 8.04. The van der Waals surface area contributed by atoms with Gasteiger partial charge < -0.3 is 10.2 Å². The van der Waals surface area contributed by atoms with E-state index in [9.17, 15) is 8.42 Å². The van der Waals surface area contributed by atoms with Gasteiger partial charge in [0, 0.05) is 30.9 Å². The second kappa shape index (κ2) is 7.69. The number of hydrogen-bond donors (Lipinski definition) is 2. The molecule has 0 aliphatic carbocycles. The molecule has 0 amide bonds. The van der Waals surface area contributed by atoms with Gasteiger partial charge in [0.05, 0.1) is 10.6 Å². The first-order chi connectivity index (χ1) is 13.8. The molecule has 0 spiro atoms. The number of rotatable bonds is 4. The lowest BCUT2D eigenvalue weighted by Gasteiger charge is -2.38. The van der Waals surface area contributed by atoms with Crippen molar-refractivity contribution < 1.29 is 8.42 Å². The second-order valence-electron chi connectivity index (χ2n) is 7.99. The van der Waals surface area contributed by atoms with E-state index in [0.29, 0.717) is 17.8 Å². The third kappa shape index (κ3) is 4.23. The summed E-state index contributed by atoms with van der Waals surface area (Å²) in [7, 11) is -3.68. The summed E-state index contributed by atoms with van der Waals surface area (Å²) < 4.78 is 28.9. The molecule has 3 aromatic rings. The van der Waals surface area contributed by atoms with Crippen LogP contribution in [0.25, 0.3) is 10.8 Å². The highest BCUT2D eigenvalue weighted by atomic mass is 32.2. The maximum absolute atomic E-state index is 13.1. The lowest BCUT2D eigenvalue weighted by atomic mass is 10.1. The molecule has 152 valence electrons. The van der Waals surface area contributed by atoms with Crippen LogP contribution >= 0.6 is 0 Å². The Morgan fingerprint density at radius 2 is 1.62 bits per heavy atom. The zero-order valence-corrected chi connectivity index (χ0v) is 17.8. The number of aryl methyl sites for hydroxylation is 1. The molecule has 0 aromatic heterocycles. The standard InChI is InChI=1S/C23H27N3O2S/c1-16-8-10-21(26-14-17(2)24-18(3)15-26)13-23(16)25-29(27,28)22-11-9-19-6-4-5-7-20(19)12-22/h4-13,17-18,24-25H,14-15H2,1-3H3. The summed E-state index contributed by atoms with van der Waals surface area (Å²) in [5, 5.41) is 5.45. The Morgan fingerprint density at radius 3 is 2.34 bits per heavy atom. The summed E-state index contributed by atoms with van der Waals surface area (Å²) in [5.74, 6) is 0. The highest BCUT2D eigenvalue weighted by Crippen LogP contribution is 2.28. The van der Waals surface area contributed by atoms with Crippen LogP contribution in [0.2, 0.25) is 0 Å². The summed E-state index contributed by atoms with van der Waals surface area (Å²) in [6.07, 6.45) is 0. The van der Waals surface area contributed by atoms with E-state index in [1.807, 2.05) is 49.4 Å². The molecule has 2 atom stereocenters. The van der Waals surface area contributed by atoms with Crippen LogP contribution < -0.4 is 14.9 Å². The van der Waals surface area contributed by atoms with E-state index in [0.717, 1.165) is 35.1 Å². The van der Waals surface area contributed by atoms with Crippen LogP contribution in [-0.2, 0) is 10.0 Å². The molecule has 0 saturated carbocycles. The fourth-order valence-electron chi connectivity index (χ4n) is 3.99. The lowest BCUT2D eigenvalue weighted by Crippen LogP contribution is -2.54. The van der Waals surface area contributed by atoms with E-state index < -0.39 is 10.0 Å². The Labute approximate surface area is 172 Å². The van der Waals surface area contributed by atoms with Gasteiger partial charge in [-0.15, -0.1) is 0 Å². The number of sulfonamides is 1. The molecule has 0 radical (unpaired) electrons. The molecule has 6 heteroatoms. The highest BCUT2D eigenvalue weighted by molar-refractivity contribution is 7.92. The minimum absolute atomic E-state index is 0.269. The minimum Gasteiger partial charge on any atom is -0.368 e. The van der Waals surface area contributed by atoms with Crippen molar-refractivity contribution in [2.75, 3.05) is 22.7 Å². The molecular formula is C23H27N3O2S. The average molecular weight is 410 g/mol. The molecule has 29 heavy (non-hydrogen) atoms. The Bertz CT molecular complexity index is 1130. The molecule has 1 aliphatic rings. The summed E-state index contributed by atoms with van der Waals surface area (Å²) >= 11 is 0. The van der Waals surface area contributed by atoms with Crippen LogP contribution in [0.4, 0.5) is 11.4 Å². The first-order valence-corrected chi connectivity index (χ1v) is 11.4. The van der Waals surface area contributed by atoms with E-state index in [2.05, 4.69) is 34.9 Å². The van der Waals surface area contributed by atoms with Crippen molar-refractivity contribution in [1.29, 1.82) is 0 Å². The summed E-state index contributed by atoms with van der Waals surface area (Å²) in [4.78, 5) is 2.57. The summed E-state index contributed by atoms with van der Waals surface area (Å²) in [5.41, 5.74) is 2.55. The number of benzene rings is 3. The van der Waals surface area contributed by atoms with Gasteiger partial charge in [0.15, 0.2) is 0 Å². The van der Waals surface area contributed by atoms with Gasteiger partial charge >= 0.3 is 0 Å². The molecule has 1 saturated heterocycles. The van der Waals surface area contributed by atoms with Gasteiger partial charge in [-0.05, 0) is 61.4 Å². The Kier molecular flexibility index (Phi) is 5.23. The van der Waals surface area contributed by atoms with Gasteiger partial charge in [0.1, 0.15) is 0 Å². The topological polar surface area (TPSA) is 61.4 Å². The first kappa shape index (κ1) is 19.7. The Hall–Kier alpha value is -2.57. The monoisotopic (exact) mass is 409 g/mol. The van der Waals surface area contributed by atoms with Crippen molar-refractivity contribution in [3.63, 3.8) is 0 Å². The van der Waals surface area contributed by atoms with Gasteiger partial charge in [0.2, 0.25) is 0 Å². The fourth-order valence-corrected chi connectivity index (χ4v) is 5.15. The zero-order valence-electron chi connectivity index (χ0n) is 17.0. The number of nitrogens with zero attached hydrogens (tertiary/aromatic N) is 1. The van der Waals surface area contributed by atoms with Crippen LogP contribution in [0.3, 0.4) is 0 Å². The molecule has 4 rings (SSSR count). The molecule has 2 N–H and O–H groups in total. The molecule has 1 aliphatic heterocycles. The van der Waals surface area contributed by atoms with Gasteiger partial charge in [-0.25, -0.2) is 8.42 Å². The fraction of sp³-hybridized carbons (Fsp3) is 0.304. The number of hydrogen-bond acceptors (Lipinski definition) is 4. The minimum atomic E-state index is -3.68. The van der Waals surface area contributed by atoms with Crippen LogP contribution in [0.5, 0.6) is 0 Å². The highest BCUT2D eigenvalue weighted by Gasteiger charge is 2.22. The lowest BCUT2D eigenvalue weighted by molar-refractivity contribution is 0.407. The zero-order chi connectivity index (χ0) is 20.6. The number of fused-ring (bicyclic) bond motifs is 1. The maximum Gasteiger partial charge on any atom is 0.261 e. The van der Waals surface area contributed by atoms with Crippen LogP contribution in [0, 0.1) is 6.92 Å². The summed E-state index contributed by atoms with van der Waals surface area (Å²) in [6, 6.07) is 19.7. The molecule has 0 bridgehead atoms. The number of anilines is 2.